The van der Waals surface area contributed by atoms with Crippen LogP contribution in [0.5, 0.6) is 11.5 Å². The van der Waals surface area contributed by atoms with E-state index in [0.717, 1.165) is 17.7 Å². The molecular weight excluding hydrogens is 358 g/mol. The Hall–Kier alpha value is -3.28. The molecule has 0 radical (unpaired) electrons. The van der Waals surface area contributed by atoms with E-state index in [1.807, 2.05) is 31.2 Å². The summed E-state index contributed by atoms with van der Waals surface area (Å²) in [5, 5.41) is 9.60. The van der Waals surface area contributed by atoms with E-state index >= 15 is 0 Å². The Labute approximate surface area is 164 Å². The van der Waals surface area contributed by atoms with Crippen LogP contribution in [0, 0.1) is 0 Å². The maximum atomic E-state index is 12.8. The number of rotatable bonds is 5. The van der Waals surface area contributed by atoms with Gasteiger partial charge in [-0.2, -0.15) is 0 Å². The largest absolute Gasteiger partial charge is 0.504 e. The lowest BCUT2D eigenvalue weighted by atomic mass is 10.1. The van der Waals surface area contributed by atoms with Crippen LogP contribution in [0.3, 0.4) is 0 Å². The van der Waals surface area contributed by atoms with Crippen molar-refractivity contribution in [2.45, 2.75) is 32.4 Å². The highest BCUT2D eigenvalue weighted by Crippen LogP contribution is 2.32. The topological polar surface area (TPSA) is 76.1 Å². The predicted octanol–water partition coefficient (Wildman–Crippen LogP) is 3.32. The van der Waals surface area contributed by atoms with Crippen LogP contribution < -0.4 is 9.64 Å². The van der Waals surface area contributed by atoms with Gasteiger partial charge in [0.1, 0.15) is 0 Å². The summed E-state index contributed by atoms with van der Waals surface area (Å²) in [5.74, 6) is -0.541. The molecule has 1 heterocycles. The Kier molecular flexibility index (Phi) is 5.68. The van der Waals surface area contributed by atoms with Crippen molar-refractivity contribution in [2.24, 2.45) is 0 Å². The van der Waals surface area contributed by atoms with E-state index in [4.69, 9.17) is 9.47 Å². The van der Waals surface area contributed by atoms with Crippen molar-refractivity contribution in [2.75, 3.05) is 12.0 Å². The second kappa shape index (κ2) is 8.17. The van der Waals surface area contributed by atoms with Crippen molar-refractivity contribution in [1.29, 1.82) is 0 Å². The summed E-state index contributed by atoms with van der Waals surface area (Å²) in [7, 11) is 1.45. The highest BCUT2D eigenvalue weighted by atomic mass is 16.5. The maximum Gasteiger partial charge on any atom is 0.331 e. The van der Waals surface area contributed by atoms with Crippen LogP contribution in [0.4, 0.5) is 5.69 Å². The van der Waals surface area contributed by atoms with E-state index in [1.165, 1.54) is 25.3 Å². The first-order chi connectivity index (χ1) is 13.4. The van der Waals surface area contributed by atoms with Gasteiger partial charge < -0.3 is 19.5 Å². The van der Waals surface area contributed by atoms with Gasteiger partial charge in [0.15, 0.2) is 17.6 Å². The molecule has 0 unspecified atom stereocenters. The van der Waals surface area contributed by atoms with Crippen molar-refractivity contribution in [3.05, 3.63) is 59.7 Å². The SMILES string of the molecule is COc1cc(/C=C/C(=O)O[C@H](C)C(=O)N2c3ccccc3C[C@H]2C)ccc1O. The molecular formula is C22H23NO5. The van der Waals surface area contributed by atoms with Gasteiger partial charge >= 0.3 is 5.97 Å². The van der Waals surface area contributed by atoms with Crippen LogP contribution in [-0.4, -0.2) is 36.2 Å². The van der Waals surface area contributed by atoms with E-state index < -0.39 is 12.1 Å². The summed E-state index contributed by atoms with van der Waals surface area (Å²) in [6, 6.07) is 12.5. The number of benzene rings is 2. The second-order valence-electron chi connectivity index (χ2n) is 6.73. The maximum absolute atomic E-state index is 12.8. The number of phenols is 1. The van der Waals surface area contributed by atoms with Gasteiger partial charge in [0, 0.05) is 17.8 Å². The number of hydrogen-bond acceptors (Lipinski definition) is 5. The van der Waals surface area contributed by atoms with Crippen LogP contribution in [-0.2, 0) is 20.7 Å². The summed E-state index contributed by atoms with van der Waals surface area (Å²) in [6.07, 6.45) is 2.66. The number of ether oxygens (including phenoxy) is 2. The Balaban J connectivity index is 1.65. The smallest absolute Gasteiger partial charge is 0.331 e. The number of carbonyl (C=O) groups is 2. The Morgan fingerprint density at radius 2 is 2.00 bits per heavy atom. The first kappa shape index (κ1) is 19.5. The number of aromatic hydroxyl groups is 1. The van der Waals surface area contributed by atoms with Crippen LogP contribution >= 0.6 is 0 Å². The lowest BCUT2D eigenvalue weighted by Crippen LogP contribution is -2.43. The molecule has 0 spiro atoms. The third-order valence-electron chi connectivity index (χ3n) is 4.70. The number of esters is 1. The number of methoxy groups -OCH3 is 1. The van der Waals surface area contributed by atoms with E-state index in [1.54, 1.807) is 24.0 Å². The number of carbonyl (C=O) groups excluding carboxylic acids is 2. The van der Waals surface area contributed by atoms with Crippen LogP contribution in [0.2, 0.25) is 0 Å². The molecule has 2 aromatic rings. The monoisotopic (exact) mass is 381 g/mol. The van der Waals surface area contributed by atoms with Crippen LogP contribution in [0.15, 0.2) is 48.5 Å². The molecule has 28 heavy (non-hydrogen) atoms. The first-order valence-corrected chi connectivity index (χ1v) is 9.07. The third kappa shape index (κ3) is 4.01. The lowest BCUT2D eigenvalue weighted by Gasteiger charge is -2.25. The fourth-order valence-corrected chi connectivity index (χ4v) is 3.32. The summed E-state index contributed by atoms with van der Waals surface area (Å²) >= 11 is 0. The van der Waals surface area contributed by atoms with Crippen molar-refractivity contribution >= 4 is 23.6 Å². The normalized spacial score (nSPS) is 16.7. The molecule has 1 amide bonds. The molecule has 6 heteroatoms. The fraction of sp³-hybridized carbons (Fsp3) is 0.273. The van der Waals surface area contributed by atoms with Gasteiger partial charge in [-0.05, 0) is 55.7 Å². The summed E-state index contributed by atoms with van der Waals surface area (Å²) in [4.78, 5) is 26.7. The molecule has 1 aliphatic rings. The van der Waals surface area contributed by atoms with Gasteiger partial charge in [-0.25, -0.2) is 4.79 Å². The second-order valence-corrected chi connectivity index (χ2v) is 6.73. The highest BCUT2D eigenvalue weighted by Gasteiger charge is 2.34. The summed E-state index contributed by atoms with van der Waals surface area (Å²) < 4.78 is 10.3. The number of amides is 1. The Morgan fingerprint density at radius 1 is 1.25 bits per heavy atom. The Bertz CT molecular complexity index is 921. The van der Waals surface area contributed by atoms with Gasteiger partial charge in [0.05, 0.1) is 7.11 Å². The summed E-state index contributed by atoms with van der Waals surface area (Å²) in [5.41, 5.74) is 2.64. The number of nitrogens with zero attached hydrogens (tertiary/aromatic N) is 1. The lowest BCUT2D eigenvalue weighted by molar-refractivity contribution is -0.149. The molecule has 0 aromatic heterocycles. The van der Waals surface area contributed by atoms with Crippen molar-refractivity contribution in [3.8, 4) is 11.5 Å². The number of hydrogen-bond donors (Lipinski definition) is 1. The van der Waals surface area contributed by atoms with Crippen LogP contribution in [0.25, 0.3) is 6.08 Å². The minimum atomic E-state index is -0.903. The predicted molar refractivity (Wildman–Crippen MR) is 106 cm³/mol. The number of anilines is 1. The molecule has 1 N–H and O–H groups in total. The fourth-order valence-electron chi connectivity index (χ4n) is 3.32. The Morgan fingerprint density at radius 3 is 2.75 bits per heavy atom. The molecule has 2 aromatic carbocycles. The molecule has 3 rings (SSSR count). The quantitative estimate of drug-likeness (QED) is 0.635. The number of phenolic OH excluding ortho intramolecular Hbond substituents is 1. The summed E-state index contributed by atoms with van der Waals surface area (Å²) in [6.45, 7) is 3.55. The van der Waals surface area contributed by atoms with E-state index in [-0.39, 0.29) is 17.7 Å². The van der Waals surface area contributed by atoms with Crippen LogP contribution in [0.1, 0.15) is 25.0 Å². The third-order valence-corrected chi connectivity index (χ3v) is 4.70. The molecule has 146 valence electrons. The molecule has 0 saturated carbocycles. The minimum Gasteiger partial charge on any atom is -0.504 e. The van der Waals surface area contributed by atoms with E-state index in [2.05, 4.69) is 0 Å². The van der Waals surface area contributed by atoms with Gasteiger partial charge in [0.25, 0.3) is 5.91 Å². The van der Waals surface area contributed by atoms with Crippen molar-refractivity contribution in [1.82, 2.24) is 0 Å². The van der Waals surface area contributed by atoms with Gasteiger partial charge in [-0.15, -0.1) is 0 Å². The molecule has 0 saturated heterocycles. The van der Waals surface area contributed by atoms with Gasteiger partial charge in [0.2, 0.25) is 0 Å². The zero-order valence-electron chi connectivity index (χ0n) is 16.1. The van der Waals surface area contributed by atoms with E-state index in [9.17, 15) is 14.7 Å². The number of fused-ring (bicyclic) bond motifs is 1. The van der Waals surface area contributed by atoms with Gasteiger partial charge in [-0.1, -0.05) is 24.3 Å². The van der Waals surface area contributed by atoms with Gasteiger partial charge in [-0.3, -0.25) is 4.79 Å². The van der Waals surface area contributed by atoms with E-state index in [0.29, 0.717) is 11.3 Å². The molecule has 0 fully saturated rings. The molecule has 0 bridgehead atoms. The average molecular weight is 381 g/mol. The molecule has 2 atom stereocenters. The standard InChI is InChI=1S/C22H23NO5/c1-14-12-17-6-4-5-7-18(17)23(14)22(26)15(2)28-21(25)11-9-16-8-10-19(24)20(13-16)27-3/h4-11,13-15,24H,12H2,1-3H3/b11-9+/t14-,15-/m1/s1. The number of para-hydroxylation sites is 1. The minimum absolute atomic E-state index is 0.0152. The van der Waals surface area contributed by atoms with Crippen molar-refractivity contribution in [3.63, 3.8) is 0 Å². The van der Waals surface area contributed by atoms with Crippen molar-refractivity contribution < 1.29 is 24.2 Å². The zero-order chi connectivity index (χ0) is 20.3. The average Bonchev–Trinajstić information content (AvgIpc) is 3.02. The zero-order valence-corrected chi connectivity index (χ0v) is 16.1. The molecule has 6 nitrogen and oxygen atoms in total. The molecule has 0 aliphatic carbocycles. The molecule has 1 aliphatic heterocycles. The first-order valence-electron chi connectivity index (χ1n) is 9.07. The highest BCUT2D eigenvalue weighted by molar-refractivity contribution is 6.00.